The van der Waals surface area contributed by atoms with Crippen molar-refractivity contribution in [3.05, 3.63) is 33.6 Å². The molecular weight excluding hydrogens is 370 g/mol. The van der Waals surface area contributed by atoms with Crippen LogP contribution in [0.3, 0.4) is 0 Å². The lowest BCUT2D eigenvalue weighted by atomic mass is 10.1. The molecule has 142 valence electrons. The Morgan fingerprint density at radius 2 is 1.96 bits per heavy atom. The second kappa shape index (κ2) is 6.14. The summed E-state index contributed by atoms with van der Waals surface area (Å²) in [5, 5.41) is 9.86. The van der Waals surface area contributed by atoms with Gasteiger partial charge in [0.15, 0.2) is 5.75 Å². The van der Waals surface area contributed by atoms with E-state index >= 15 is 0 Å². The molecule has 0 amide bonds. The maximum Gasteiger partial charge on any atom is 0.511 e. The zero-order valence-corrected chi connectivity index (χ0v) is 15.5. The number of hydrogen-bond acceptors (Lipinski definition) is 5. The van der Waals surface area contributed by atoms with Crippen LogP contribution in [0, 0.1) is 0 Å². The van der Waals surface area contributed by atoms with E-state index < -0.39 is 11.6 Å². The molecule has 2 aromatic rings. The third-order valence-electron chi connectivity index (χ3n) is 5.86. The fourth-order valence-electron chi connectivity index (χ4n) is 4.39. The Bertz CT molecular complexity index is 1000. The van der Waals surface area contributed by atoms with E-state index in [4.69, 9.17) is 21.4 Å². The van der Waals surface area contributed by atoms with Gasteiger partial charge in [0.05, 0.1) is 27.8 Å². The van der Waals surface area contributed by atoms with Crippen LogP contribution in [0.5, 0.6) is 5.75 Å². The zero-order chi connectivity index (χ0) is 18.7. The highest BCUT2D eigenvalue weighted by Crippen LogP contribution is 2.40. The fraction of sp³-hybridized carbons (Fsp3) is 0.474. The molecule has 5 rings (SSSR count). The van der Waals surface area contributed by atoms with Crippen molar-refractivity contribution in [3.63, 3.8) is 0 Å². The van der Waals surface area contributed by atoms with E-state index in [1.165, 1.54) is 6.20 Å². The van der Waals surface area contributed by atoms with Gasteiger partial charge in [-0.3, -0.25) is 9.69 Å². The molecule has 2 bridgehead atoms. The monoisotopic (exact) mass is 389 g/mol. The van der Waals surface area contributed by atoms with Crippen LogP contribution in [-0.2, 0) is 0 Å². The highest BCUT2D eigenvalue weighted by Gasteiger charge is 2.34. The number of carboxylic acid groups (broad SMARTS) is 1. The van der Waals surface area contributed by atoms with Gasteiger partial charge in [-0.15, -0.1) is 0 Å². The average molecular weight is 390 g/mol. The highest BCUT2D eigenvalue weighted by atomic mass is 35.5. The molecule has 0 radical (unpaired) electrons. The zero-order valence-electron chi connectivity index (χ0n) is 14.7. The first kappa shape index (κ1) is 16.9. The Morgan fingerprint density at radius 3 is 2.70 bits per heavy atom. The normalized spacial score (nSPS) is 24.4. The molecule has 7 nitrogen and oxygen atoms in total. The Morgan fingerprint density at radius 1 is 1.15 bits per heavy atom. The van der Waals surface area contributed by atoms with E-state index in [1.54, 1.807) is 6.07 Å². The van der Waals surface area contributed by atoms with Gasteiger partial charge in [0.1, 0.15) is 0 Å². The van der Waals surface area contributed by atoms with Crippen molar-refractivity contribution in [2.45, 2.75) is 31.3 Å². The van der Waals surface area contributed by atoms with Crippen molar-refractivity contribution in [2.75, 3.05) is 31.1 Å². The van der Waals surface area contributed by atoms with E-state index in [-0.39, 0.29) is 11.8 Å². The van der Waals surface area contributed by atoms with Crippen LogP contribution in [0.25, 0.3) is 10.9 Å². The van der Waals surface area contributed by atoms with Gasteiger partial charge in [0, 0.05) is 38.3 Å². The minimum atomic E-state index is -1.49. The molecule has 1 N–H and O–H groups in total. The lowest BCUT2D eigenvalue weighted by Crippen LogP contribution is -2.46. The predicted molar refractivity (Wildman–Crippen MR) is 102 cm³/mol. The van der Waals surface area contributed by atoms with Gasteiger partial charge in [-0.2, -0.15) is 0 Å². The summed E-state index contributed by atoms with van der Waals surface area (Å²) in [6.07, 6.45) is 3.17. The molecule has 1 aromatic heterocycles. The molecule has 3 aliphatic rings. The van der Waals surface area contributed by atoms with Gasteiger partial charge in [0.25, 0.3) is 0 Å². The van der Waals surface area contributed by atoms with Crippen LogP contribution in [0.4, 0.5) is 10.5 Å². The Hall–Kier alpha value is -2.25. The van der Waals surface area contributed by atoms with Gasteiger partial charge in [0.2, 0.25) is 5.43 Å². The van der Waals surface area contributed by atoms with Crippen LogP contribution in [0.15, 0.2) is 23.1 Å². The van der Waals surface area contributed by atoms with Gasteiger partial charge in [-0.25, -0.2) is 4.79 Å². The molecule has 2 saturated heterocycles. The lowest BCUT2D eigenvalue weighted by Gasteiger charge is -2.37. The quantitative estimate of drug-likeness (QED) is 0.813. The summed E-state index contributed by atoms with van der Waals surface area (Å²) in [5.41, 5.74) is 1.31. The molecule has 3 heterocycles. The summed E-state index contributed by atoms with van der Waals surface area (Å²) in [6, 6.07) is 4.38. The van der Waals surface area contributed by atoms with Crippen LogP contribution < -0.4 is 15.1 Å². The minimum absolute atomic E-state index is 0.171. The molecule has 0 spiro atoms. The van der Waals surface area contributed by atoms with Crippen LogP contribution in [-0.4, -0.2) is 52.9 Å². The molecule has 8 heteroatoms. The smallest absolute Gasteiger partial charge is 0.449 e. The number of pyridine rings is 1. The molecule has 1 aliphatic carbocycles. The molecular formula is C19H20ClN3O4. The Balaban J connectivity index is 1.67. The van der Waals surface area contributed by atoms with E-state index in [0.717, 1.165) is 56.6 Å². The number of benzene rings is 1. The van der Waals surface area contributed by atoms with E-state index in [2.05, 4.69) is 9.80 Å². The SMILES string of the molecule is O=C(O)Oc1cn(C2CC2)c2cc(N3CCN4CCC3C4)c(Cl)cc2c1=O. The standard InChI is InChI=1S/C19H20ClN3O4/c20-14-7-13-15(8-16(14)22-6-5-21-4-3-12(22)9-21)23(11-1-2-11)10-17(18(13)24)27-19(25)26/h7-8,10-12H,1-6,9H2,(H,25,26). The van der Waals surface area contributed by atoms with Gasteiger partial charge < -0.3 is 19.3 Å². The third-order valence-corrected chi connectivity index (χ3v) is 6.16. The van der Waals surface area contributed by atoms with Crippen LogP contribution in [0.2, 0.25) is 5.02 Å². The number of piperazine rings is 1. The van der Waals surface area contributed by atoms with Crippen molar-refractivity contribution < 1.29 is 14.6 Å². The molecule has 1 aromatic carbocycles. The Kier molecular flexibility index (Phi) is 3.84. The number of anilines is 1. The first-order valence-corrected chi connectivity index (χ1v) is 9.67. The number of carbonyl (C=O) groups is 1. The summed E-state index contributed by atoms with van der Waals surface area (Å²) in [5.74, 6) is -0.171. The maximum absolute atomic E-state index is 12.7. The number of aromatic nitrogens is 1. The minimum Gasteiger partial charge on any atom is -0.449 e. The maximum atomic E-state index is 12.7. The van der Waals surface area contributed by atoms with Gasteiger partial charge in [-0.05, 0) is 31.4 Å². The van der Waals surface area contributed by atoms with Crippen molar-refractivity contribution in [3.8, 4) is 5.75 Å². The van der Waals surface area contributed by atoms with Crippen molar-refractivity contribution >= 4 is 34.3 Å². The second-order valence-corrected chi connectivity index (χ2v) is 7.99. The molecule has 2 aliphatic heterocycles. The average Bonchev–Trinajstić information content (AvgIpc) is 3.41. The summed E-state index contributed by atoms with van der Waals surface area (Å²) in [7, 11) is 0. The first-order chi connectivity index (χ1) is 13.0. The summed E-state index contributed by atoms with van der Waals surface area (Å²) < 4.78 is 6.69. The van der Waals surface area contributed by atoms with Crippen molar-refractivity contribution in [1.82, 2.24) is 9.47 Å². The van der Waals surface area contributed by atoms with E-state index in [0.29, 0.717) is 16.5 Å². The van der Waals surface area contributed by atoms with Crippen LogP contribution in [0.1, 0.15) is 25.3 Å². The summed E-state index contributed by atoms with van der Waals surface area (Å²) >= 11 is 6.59. The molecule has 1 saturated carbocycles. The molecule has 27 heavy (non-hydrogen) atoms. The Labute approximate surface area is 160 Å². The summed E-state index contributed by atoms with van der Waals surface area (Å²) in [4.78, 5) is 28.5. The number of rotatable bonds is 3. The first-order valence-electron chi connectivity index (χ1n) is 9.29. The number of nitrogens with zero attached hydrogens (tertiary/aromatic N) is 3. The van der Waals surface area contributed by atoms with Crippen LogP contribution >= 0.6 is 11.6 Å². The number of fused-ring (bicyclic) bond motifs is 3. The predicted octanol–water partition coefficient (Wildman–Crippen LogP) is 2.94. The number of hydrogen-bond donors (Lipinski definition) is 1. The van der Waals surface area contributed by atoms with E-state index in [9.17, 15) is 9.59 Å². The lowest BCUT2D eigenvalue weighted by molar-refractivity contribution is 0.143. The molecule has 2 atom stereocenters. The third kappa shape index (κ3) is 2.85. The topological polar surface area (TPSA) is 75.0 Å². The summed E-state index contributed by atoms with van der Waals surface area (Å²) in [6.45, 7) is 4.11. The van der Waals surface area contributed by atoms with Gasteiger partial charge >= 0.3 is 6.16 Å². The van der Waals surface area contributed by atoms with E-state index in [1.807, 2.05) is 10.6 Å². The second-order valence-electron chi connectivity index (χ2n) is 7.59. The van der Waals surface area contributed by atoms with Crippen molar-refractivity contribution in [2.24, 2.45) is 0 Å². The van der Waals surface area contributed by atoms with Gasteiger partial charge in [-0.1, -0.05) is 11.6 Å². The number of halogens is 1. The largest absolute Gasteiger partial charge is 0.511 e. The molecule has 2 unspecified atom stereocenters. The highest BCUT2D eigenvalue weighted by molar-refractivity contribution is 6.34. The number of ether oxygens (including phenoxy) is 1. The molecule has 3 fully saturated rings. The fourth-order valence-corrected chi connectivity index (χ4v) is 4.67. The van der Waals surface area contributed by atoms with Crippen molar-refractivity contribution in [1.29, 1.82) is 0 Å².